The predicted octanol–water partition coefficient (Wildman–Crippen LogP) is 3.26. The van der Waals surface area contributed by atoms with Crippen LogP contribution in [-0.2, 0) is 11.3 Å². The van der Waals surface area contributed by atoms with Crippen molar-refractivity contribution in [1.29, 1.82) is 0 Å². The molecule has 0 amide bonds. The normalized spacial score (nSPS) is 16.5. The zero-order valence-corrected chi connectivity index (χ0v) is 15.4. The highest BCUT2D eigenvalue weighted by atomic mass is 35.5. The first-order valence-electron chi connectivity index (χ1n) is 7.47. The molecule has 1 saturated heterocycles. The number of piperazine rings is 1. The molecule has 0 bridgehead atoms. The molecule has 0 N–H and O–H groups in total. The Morgan fingerprint density at radius 2 is 1.45 bits per heavy atom. The van der Waals surface area contributed by atoms with E-state index in [1.54, 1.807) is 0 Å². The van der Waals surface area contributed by atoms with Crippen molar-refractivity contribution < 1.29 is 4.79 Å². The number of ketones is 1. The van der Waals surface area contributed by atoms with Crippen molar-refractivity contribution in [2.75, 3.05) is 32.7 Å². The minimum Gasteiger partial charge on any atom is -0.298 e. The molecule has 0 unspecified atom stereocenters. The third kappa shape index (κ3) is 6.66. The van der Waals surface area contributed by atoms with Crippen LogP contribution in [0.2, 0.25) is 0 Å². The van der Waals surface area contributed by atoms with E-state index in [2.05, 4.69) is 40.1 Å². The number of hydrogen-bond donors (Lipinski definition) is 0. The minimum absolute atomic E-state index is 0. The summed E-state index contributed by atoms with van der Waals surface area (Å²) < 4.78 is 0. The SMILES string of the molecule is CC(C)(C)C(=O)CN1CCN(Cc2ccccc2)CC1.Cl.Cl. The Labute approximate surface area is 146 Å². The molecule has 0 spiro atoms. The number of carbonyl (C=O) groups excluding carboxylic acids is 1. The van der Waals surface area contributed by atoms with Crippen LogP contribution < -0.4 is 0 Å². The molecule has 1 aromatic carbocycles. The molecule has 3 nitrogen and oxygen atoms in total. The van der Waals surface area contributed by atoms with E-state index in [9.17, 15) is 4.79 Å². The number of benzene rings is 1. The summed E-state index contributed by atoms with van der Waals surface area (Å²) >= 11 is 0. The van der Waals surface area contributed by atoms with Gasteiger partial charge in [-0.15, -0.1) is 24.8 Å². The molecule has 2 rings (SSSR count). The summed E-state index contributed by atoms with van der Waals surface area (Å²) in [5.74, 6) is 0.342. The average Bonchev–Trinajstić information content (AvgIpc) is 2.41. The van der Waals surface area contributed by atoms with E-state index in [0.717, 1.165) is 32.7 Å². The van der Waals surface area contributed by atoms with Gasteiger partial charge in [-0.2, -0.15) is 0 Å². The predicted molar refractivity (Wildman–Crippen MR) is 97.1 cm³/mol. The molecule has 0 saturated carbocycles. The number of nitrogens with zero attached hydrogens (tertiary/aromatic N) is 2. The van der Waals surface area contributed by atoms with Gasteiger partial charge in [-0.05, 0) is 5.56 Å². The fraction of sp³-hybridized carbons (Fsp3) is 0.588. The van der Waals surface area contributed by atoms with Gasteiger partial charge in [-0.1, -0.05) is 51.1 Å². The Morgan fingerprint density at radius 1 is 0.955 bits per heavy atom. The van der Waals surface area contributed by atoms with Crippen molar-refractivity contribution in [2.45, 2.75) is 27.3 Å². The van der Waals surface area contributed by atoms with Crippen LogP contribution in [0.1, 0.15) is 26.3 Å². The van der Waals surface area contributed by atoms with E-state index in [1.807, 2.05) is 20.8 Å². The second kappa shape index (κ2) is 9.51. The first-order chi connectivity index (χ1) is 9.45. The Balaban J connectivity index is 0.00000220. The molecule has 0 aromatic heterocycles. The van der Waals surface area contributed by atoms with Crippen molar-refractivity contribution in [3.63, 3.8) is 0 Å². The van der Waals surface area contributed by atoms with Crippen LogP contribution in [0.15, 0.2) is 30.3 Å². The van der Waals surface area contributed by atoms with Crippen molar-refractivity contribution in [2.24, 2.45) is 5.41 Å². The number of carbonyl (C=O) groups is 1. The fourth-order valence-electron chi connectivity index (χ4n) is 2.39. The molecule has 1 aromatic rings. The Morgan fingerprint density at radius 3 is 1.95 bits per heavy atom. The van der Waals surface area contributed by atoms with Crippen LogP contribution in [-0.4, -0.2) is 48.3 Å². The molecule has 0 aliphatic carbocycles. The van der Waals surface area contributed by atoms with Crippen molar-refractivity contribution in [1.82, 2.24) is 9.80 Å². The second-order valence-electron chi connectivity index (χ2n) is 6.71. The highest BCUT2D eigenvalue weighted by molar-refractivity contribution is 5.86. The number of rotatable bonds is 4. The summed E-state index contributed by atoms with van der Waals surface area (Å²) in [7, 11) is 0. The van der Waals surface area contributed by atoms with Crippen LogP contribution in [0, 0.1) is 5.41 Å². The van der Waals surface area contributed by atoms with Gasteiger partial charge < -0.3 is 0 Å². The lowest BCUT2D eigenvalue weighted by atomic mass is 9.90. The average molecular weight is 347 g/mol. The van der Waals surface area contributed by atoms with E-state index in [1.165, 1.54) is 5.56 Å². The summed E-state index contributed by atoms with van der Waals surface area (Å²) in [5, 5.41) is 0. The van der Waals surface area contributed by atoms with E-state index in [-0.39, 0.29) is 30.2 Å². The Bertz CT molecular complexity index is 438. The largest absolute Gasteiger partial charge is 0.298 e. The van der Waals surface area contributed by atoms with Crippen LogP contribution in [0.3, 0.4) is 0 Å². The molecule has 1 aliphatic heterocycles. The maximum Gasteiger partial charge on any atom is 0.152 e. The maximum absolute atomic E-state index is 12.1. The van der Waals surface area contributed by atoms with E-state index >= 15 is 0 Å². The first kappa shape index (κ1) is 21.4. The summed E-state index contributed by atoms with van der Waals surface area (Å²) in [4.78, 5) is 16.8. The van der Waals surface area contributed by atoms with Gasteiger partial charge >= 0.3 is 0 Å². The van der Waals surface area contributed by atoms with Gasteiger partial charge in [0.2, 0.25) is 0 Å². The van der Waals surface area contributed by atoms with Gasteiger partial charge in [0.15, 0.2) is 5.78 Å². The molecular formula is C17H28Cl2N2O. The highest BCUT2D eigenvalue weighted by Crippen LogP contribution is 2.16. The van der Waals surface area contributed by atoms with E-state index in [0.29, 0.717) is 12.3 Å². The molecule has 1 fully saturated rings. The maximum atomic E-state index is 12.1. The highest BCUT2D eigenvalue weighted by Gasteiger charge is 2.25. The van der Waals surface area contributed by atoms with Crippen molar-refractivity contribution >= 4 is 30.6 Å². The zero-order chi connectivity index (χ0) is 14.6. The molecule has 5 heteroatoms. The lowest BCUT2D eigenvalue weighted by Crippen LogP contribution is -2.48. The second-order valence-corrected chi connectivity index (χ2v) is 6.71. The van der Waals surface area contributed by atoms with Crippen LogP contribution in [0.5, 0.6) is 0 Å². The number of Topliss-reactive ketones (excluding diaryl/α,β-unsaturated/α-hetero) is 1. The molecule has 1 aliphatic rings. The van der Waals surface area contributed by atoms with E-state index < -0.39 is 0 Å². The quantitative estimate of drug-likeness (QED) is 0.835. The standard InChI is InChI=1S/C17H26N2O.2ClH/c1-17(2,3)16(20)14-19-11-9-18(10-12-19)13-15-7-5-4-6-8-15;;/h4-8H,9-14H2,1-3H3;2*1H. The minimum atomic E-state index is -0.221. The van der Waals surface area contributed by atoms with Crippen LogP contribution in [0.25, 0.3) is 0 Å². The molecular weight excluding hydrogens is 319 g/mol. The van der Waals surface area contributed by atoms with Gasteiger partial charge in [-0.25, -0.2) is 0 Å². The summed E-state index contributed by atoms with van der Waals surface area (Å²) in [6, 6.07) is 10.6. The number of hydrogen-bond acceptors (Lipinski definition) is 3. The Hall–Kier alpha value is -0.610. The summed E-state index contributed by atoms with van der Waals surface area (Å²) in [6.07, 6.45) is 0. The molecule has 22 heavy (non-hydrogen) atoms. The molecule has 0 atom stereocenters. The first-order valence-corrected chi connectivity index (χ1v) is 7.47. The van der Waals surface area contributed by atoms with E-state index in [4.69, 9.17) is 0 Å². The Kier molecular flexibility index (Phi) is 9.25. The lowest BCUT2D eigenvalue weighted by Gasteiger charge is -2.35. The van der Waals surface area contributed by atoms with Gasteiger partial charge in [0.25, 0.3) is 0 Å². The monoisotopic (exact) mass is 346 g/mol. The molecule has 1 heterocycles. The van der Waals surface area contributed by atoms with Gasteiger partial charge in [0, 0.05) is 38.1 Å². The number of halogens is 2. The van der Waals surface area contributed by atoms with Gasteiger partial charge in [-0.3, -0.25) is 14.6 Å². The van der Waals surface area contributed by atoms with Crippen molar-refractivity contribution in [3.8, 4) is 0 Å². The van der Waals surface area contributed by atoms with Crippen LogP contribution >= 0.6 is 24.8 Å². The fourth-order valence-corrected chi connectivity index (χ4v) is 2.39. The van der Waals surface area contributed by atoms with Gasteiger partial charge in [0.1, 0.15) is 0 Å². The van der Waals surface area contributed by atoms with Gasteiger partial charge in [0.05, 0.1) is 6.54 Å². The third-order valence-corrected chi connectivity index (χ3v) is 3.92. The lowest BCUT2D eigenvalue weighted by molar-refractivity contribution is -0.127. The molecule has 126 valence electrons. The summed E-state index contributed by atoms with van der Waals surface area (Å²) in [5.41, 5.74) is 1.15. The van der Waals surface area contributed by atoms with Crippen molar-refractivity contribution in [3.05, 3.63) is 35.9 Å². The van der Waals surface area contributed by atoms with Crippen LogP contribution in [0.4, 0.5) is 0 Å². The topological polar surface area (TPSA) is 23.6 Å². The zero-order valence-electron chi connectivity index (χ0n) is 13.7. The summed E-state index contributed by atoms with van der Waals surface area (Å²) in [6.45, 7) is 11.7. The third-order valence-electron chi connectivity index (χ3n) is 3.92. The smallest absolute Gasteiger partial charge is 0.152 e. The molecule has 0 radical (unpaired) electrons.